The van der Waals surface area contributed by atoms with E-state index >= 15 is 0 Å². The molecule has 0 N–H and O–H groups in total. The van der Waals surface area contributed by atoms with E-state index in [0.29, 0.717) is 37.4 Å². The SMILES string of the molecule is O=S(=O)(N1CCCC(CCl)C1)N1CCCC1C1CCCC1. The molecule has 0 aromatic rings. The maximum absolute atomic E-state index is 13.0. The number of hydrogen-bond donors (Lipinski definition) is 0. The summed E-state index contributed by atoms with van der Waals surface area (Å²) in [6.07, 6.45) is 9.03. The molecule has 0 aromatic carbocycles. The van der Waals surface area contributed by atoms with Gasteiger partial charge in [0.05, 0.1) is 0 Å². The average molecular weight is 335 g/mol. The lowest BCUT2D eigenvalue weighted by Crippen LogP contribution is -2.51. The third kappa shape index (κ3) is 3.26. The van der Waals surface area contributed by atoms with Gasteiger partial charge in [0.2, 0.25) is 0 Å². The summed E-state index contributed by atoms with van der Waals surface area (Å²) >= 11 is 5.95. The molecular formula is C15H27ClN2O2S. The van der Waals surface area contributed by atoms with Gasteiger partial charge in [-0.1, -0.05) is 12.8 Å². The Balaban J connectivity index is 1.73. The van der Waals surface area contributed by atoms with Gasteiger partial charge in [0, 0.05) is 31.6 Å². The largest absolute Gasteiger partial charge is 0.282 e. The Bertz CT molecular complexity index is 451. The van der Waals surface area contributed by atoms with Crippen LogP contribution in [0.4, 0.5) is 0 Å². The van der Waals surface area contributed by atoms with Crippen molar-refractivity contribution in [2.24, 2.45) is 11.8 Å². The number of halogens is 1. The average Bonchev–Trinajstić information content (AvgIpc) is 3.17. The summed E-state index contributed by atoms with van der Waals surface area (Å²) in [6.45, 7) is 1.99. The van der Waals surface area contributed by atoms with Gasteiger partial charge in [0.25, 0.3) is 10.2 Å². The quantitative estimate of drug-likeness (QED) is 0.742. The summed E-state index contributed by atoms with van der Waals surface area (Å²) < 4.78 is 29.6. The number of rotatable bonds is 4. The van der Waals surface area contributed by atoms with Crippen molar-refractivity contribution in [1.29, 1.82) is 0 Å². The van der Waals surface area contributed by atoms with Crippen LogP contribution in [0.25, 0.3) is 0 Å². The molecular weight excluding hydrogens is 308 g/mol. The highest BCUT2D eigenvalue weighted by Gasteiger charge is 2.43. The second-order valence-electron chi connectivity index (χ2n) is 6.89. The molecule has 122 valence electrons. The van der Waals surface area contributed by atoms with E-state index in [0.717, 1.165) is 25.7 Å². The third-order valence-corrected chi connectivity index (χ3v) is 7.98. The first-order valence-electron chi connectivity index (χ1n) is 8.46. The lowest BCUT2D eigenvalue weighted by atomic mass is 9.97. The van der Waals surface area contributed by atoms with Crippen molar-refractivity contribution in [3.8, 4) is 0 Å². The van der Waals surface area contributed by atoms with E-state index in [4.69, 9.17) is 11.6 Å². The Labute approximate surface area is 134 Å². The Morgan fingerprint density at radius 2 is 1.67 bits per heavy atom. The van der Waals surface area contributed by atoms with Crippen molar-refractivity contribution in [3.05, 3.63) is 0 Å². The molecule has 3 rings (SSSR count). The van der Waals surface area contributed by atoms with Crippen LogP contribution in [0.1, 0.15) is 51.4 Å². The van der Waals surface area contributed by atoms with Crippen LogP contribution in [0.2, 0.25) is 0 Å². The molecule has 6 heteroatoms. The molecule has 0 aromatic heterocycles. The van der Waals surface area contributed by atoms with E-state index in [1.54, 1.807) is 4.31 Å². The van der Waals surface area contributed by atoms with Gasteiger partial charge >= 0.3 is 0 Å². The van der Waals surface area contributed by atoms with E-state index in [1.807, 2.05) is 4.31 Å². The Morgan fingerprint density at radius 3 is 2.38 bits per heavy atom. The van der Waals surface area contributed by atoms with Gasteiger partial charge in [-0.3, -0.25) is 0 Å². The van der Waals surface area contributed by atoms with E-state index in [9.17, 15) is 8.42 Å². The first kappa shape index (κ1) is 16.0. The predicted octanol–water partition coefficient (Wildman–Crippen LogP) is 2.84. The van der Waals surface area contributed by atoms with Gasteiger partial charge < -0.3 is 0 Å². The molecule has 0 bridgehead atoms. The van der Waals surface area contributed by atoms with Crippen LogP contribution >= 0.6 is 11.6 Å². The Hall–Kier alpha value is 0.160. The van der Waals surface area contributed by atoms with Crippen LogP contribution < -0.4 is 0 Å². The fourth-order valence-corrected chi connectivity index (χ4v) is 6.66. The van der Waals surface area contributed by atoms with Crippen LogP contribution in [0, 0.1) is 11.8 Å². The van der Waals surface area contributed by atoms with Crippen molar-refractivity contribution in [2.45, 2.75) is 57.4 Å². The van der Waals surface area contributed by atoms with Crippen LogP contribution in [0.15, 0.2) is 0 Å². The Kier molecular flexibility index (Phi) is 5.14. The molecule has 0 spiro atoms. The van der Waals surface area contributed by atoms with Crippen LogP contribution in [0.3, 0.4) is 0 Å². The first-order chi connectivity index (χ1) is 10.1. The molecule has 2 aliphatic heterocycles. The normalized spacial score (nSPS) is 33.8. The minimum atomic E-state index is -3.28. The highest BCUT2D eigenvalue weighted by atomic mass is 35.5. The fourth-order valence-electron chi connectivity index (χ4n) is 4.38. The molecule has 1 aliphatic carbocycles. The van der Waals surface area contributed by atoms with Crippen molar-refractivity contribution in [3.63, 3.8) is 0 Å². The molecule has 0 amide bonds. The summed E-state index contributed by atoms with van der Waals surface area (Å²) in [5.74, 6) is 1.48. The monoisotopic (exact) mass is 334 g/mol. The molecule has 21 heavy (non-hydrogen) atoms. The van der Waals surface area contributed by atoms with Gasteiger partial charge in [0.1, 0.15) is 0 Å². The zero-order valence-electron chi connectivity index (χ0n) is 12.7. The van der Waals surface area contributed by atoms with Crippen LogP contribution in [0.5, 0.6) is 0 Å². The lowest BCUT2D eigenvalue weighted by molar-refractivity contribution is 0.233. The molecule has 3 aliphatic rings. The van der Waals surface area contributed by atoms with Gasteiger partial charge in [-0.25, -0.2) is 0 Å². The third-order valence-electron chi connectivity index (χ3n) is 5.51. The summed E-state index contributed by atoms with van der Waals surface area (Å²) in [5, 5.41) is 0. The molecule has 2 heterocycles. The number of hydrogen-bond acceptors (Lipinski definition) is 2. The van der Waals surface area contributed by atoms with Crippen molar-refractivity contribution < 1.29 is 8.42 Å². The van der Waals surface area contributed by atoms with Crippen LogP contribution in [-0.4, -0.2) is 48.6 Å². The minimum absolute atomic E-state index is 0.258. The molecule has 2 atom stereocenters. The second-order valence-corrected chi connectivity index (χ2v) is 9.08. The molecule has 1 saturated carbocycles. The maximum Gasteiger partial charge on any atom is 0.282 e. The van der Waals surface area contributed by atoms with E-state index in [1.165, 1.54) is 25.7 Å². The zero-order chi connectivity index (χ0) is 14.9. The van der Waals surface area contributed by atoms with E-state index in [-0.39, 0.29) is 6.04 Å². The molecule has 0 radical (unpaired) electrons. The Morgan fingerprint density at radius 1 is 0.952 bits per heavy atom. The summed E-state index contributed by atoms with van der Waals surface area (Å²) in [4.78, 5) is 0. The maximum atomic E-state index is 13.0. The van der Waals surface area contributed by atoms with Gasteiger partial charge in [0.15, 0.2) is 0 Å². The summed E-state index contributed by atoms with van der Waals surface area (Å²) in [7, 11) is -3.28. The fraction of sp³-hybridized carbons (Fsp3) is 1.00. The molecule has 4 nitrogen and oxygen atoms in total. The van der Waals surface area contributed by atoms with Crippen molar-refractivity contribution in [2.75, 3.05) is 25.5 Å². The first-order valence-corrected chi connectivity index (χ1v) is 10.4. The summed E-state index contributed by atoms with van der Waals surface area (Å²) in [5.41, 5.74) is 0. The van der Waals surface area contributed by atoms with Crippen LogP contribution in [-0.2, 0) is 10.2 Å². The van der Waals surface area contributed by atoms with E-state index < -0.39 is 10.2 Å². The topological polar surface area (TPSA) is 40.6 Å². The zero-order valence-corrected chi connectivity index (χ0v) is 14.3. The van der Waals surface area contributed by atoms with Gasteiger partial charge in [-0.2, -0.15) is 17.0 Å². The van der Waals surface area contributed by atoms with Gasteiger partial charge in [-0.05, 0) is 50.4 Å². The summed E-state index contributed by atoms with van der Waals surface area (Å²) in [6, 6.07) is 0.258. The smallest absolute Gasteiger partial charge is 0.195 e. The van der Waals surface area contributed by atoms with Gasteiger partial charge in [-0.15, -0.1) is 11.6 Å². The molecule has 2 unspecified atom stereocenters. The standard InChI is InChI=1S/C15H27ClN2O2S/c16-11-13-5-3-9-17(12-13)21(19,20)18-10-4-8-15(18)14-6-1-2-7-14/h13-15H,1-12H2. The number of piperidine rings is 1. The number of alkyl halides is 1. The predicted molar refractivity (Wildman–Crippen MR) is 85.6 cm³/mol. The highest BCUT2D eigenvalue weighted by molar-refractivity contribution is 7.86. The second kappa shape index (κ2) is 6.73. The van der Waals surface area contributed by atoms with E-state index in [2.05, 4.69) is 0 Å². The molecule has 3 fully saturated rings. The lowest BCUT2D eigenvalue weighted by Gasteiger charge is -2.37. The van der Waals surface area contributed by atoms with Crippen molar-refractivity contribution in [1.82, 2.24) is 8.61 Å². The number of nitrogens with zero attached hydrogens (tertiary/aromatic N) is 2. The van der Waals surface area contributed by atoms with Crippen molar-refractivity contribution >= 4 is 21.8 Å². The highest BCUT2D eigenvalue weighted by Crippen LogP contribution is 2.37. The molecule has 2 saturated heterocycles. The minimum Gasteiger partial charge on any atom is -0.195 e.